The van der Waals surface area contributed by atoms with Gasteiger partial charge in [-0.3, -0.25) is 9.69 Å². The Hall–Kier alpha value is -4.08. The largest absolute Gasteiger partial charge is 0.416 e. The van der Waals surface area contributed by atoms with Gasteiger partial charge < -0.3 is 16.0 Å². The molecule has 0 bridgehead atoms. The molecular formula is C27H25F5N6O. The van der Waals surface area contributed by atoms with Crippen LogP contribution >= 0.6 is 0 Å². The maximum atomic E-state index is 14.5. The fourth-order valence-corrected chi connectivity index (χ4v) is 4.00. The molecule has 1 aliphatic heterocycles. The van der Waals surface area contributed by atoms with Crippen molar-refractivity contribution in [3.63, 3.8) is 0 Å². The van der Waals surface area contributed by atoms with Gasteiger partial charge in [-0.2, -0.15) is 13.2 Å². The number of aryl methyl sites for hydroxylation is 1. The van der Waals surface area contributed by atoms with Crippen LogP contribution < -0.4 is 11.1 Å². The number of rotatable bonds is 4. The molecule has 0 spiro atoms. The van der Waals surface area contributed by atoms with E-state index in [9.17, 15) is 26.7 Å². The van der Waals surface area contributed by atoms with Gasteiger partial charge >= 0.3 is 6.18 Å². The Morgan fingerprint density at radius 1 is 1.08 bits per heavy atom. The molecule has 0 aliphatic carbocycles. The third kappa shape index (κ3) is 6.87. The molecule has 204 valence electrons. The van der Waals surface area contributed by atoms with Gasteiger partial charge in [0.05, 0.1) is 28.6 Å². The summed E-state index contributed by atoms with van der Waals surface area (Å²) in [4.78, 5) is 24.8. The highest BCUT2D eigenvalue weighted by molar-refractivity contribution is 6.04. The number of nitrogens with two attached hydrogens (primary N) is 1. The van der Waals surface area contributed by atoms with Crippen LogP contribution in [0.25, 0.3) is 0 Å². The molecule has 4 rings (SSSR count). The van der Waals surface area contributed by atoms with Gasteiger partial charge in [0.15, 0.2) is 0 Å². The molecule has 7 nitrogen and oxygen atoms in total. The number of aromatic nitrogens is 2. The van der Waals surface area contributed by atoms with Crippen molar-refractivity contribution < 1.29 is 26.7 Å². The highest BCUT2D eigenvalue weighted by Crippen LogP contribution is 2.35. The number of amides is 1. The van der Waals surface area contributed by atoms with Gasteiger partial charge in [-0.15, -0.1) is 0 Å². The number of nitrogens with zero attached hydrogens (tertiary/aromatic N) is 4. The smallest absolute Gasteiger partial charge is 0.382 e. The molecule has 39 heavy (non-hydrogen) atoms. The van der Waals surface area contributed by atoms with E-state index in [0.717, 1.165) is 25.2 Å². The van der Waals surface area contributed by atoms with Crippen LogP contribution in [0.5, 0.6) is 0 Å². The minimum atomic E-state index is -4.67. The SMILES string of the molecule is Cc1nc(C#Cc2cc(C(=O)Nc3ccc(CN4CCN(C)CC4)c(C(F)(F)F)c3)c(F)cc2F)cnc1N. The van der Waals surface area contributed by atoms with Gasteiger partial charge in [0.1, 0.15) is 23.1 Å². The van der Waals surface area contributed by atoms with Crippen molar-refractivity contribution >= 4 is 17.4 Å². The molecule has 1 amide bonds. The molecule has 2 aromatic carbocycles. The van der Waals surface area contributed by atoms with Crippen LogP contribution in [0.4, 0.5) is 33.5 Å². The first-order valence-corrected chi connectivity index (χ1v) is 11.9. The summed E-state index contributed by atoms with van der Waals surface area (Å²) < 4.78 is 70.4. The lowest BCUT2D eigenvalue weighted by atomic mass is 10.0. The number of carbonyl (C=O) groups excluding carboxylic acids is 1. The Kier molecular flexibility index (Phi) is 8.13. The van der Waals surface area contributed by atoms with Gasteiger partial charge in [0, 0.05) is 44.5 Å². The predicted molar refractivity (Wildman–Crippen MR) is 136 cm³/mol. The zero-order valence-corrected chi connectivity index (χ0v) is 21.2. The van der Waals surface area contributed by atoms with Crippen LogP contribution in [0, 0.1) is 30.4 Å². The predicted octanol–water partition coefficient (Wildman–Crippen LogP) is 4.06. The maximum absolute atomic E-state index is 14.5. The third-order valence-corrected chi connectivity index (χ3v) is 6.27. The van der Waals surface area contributed by atoms with Crippen LogP contribution in [-0.2, 0) is 12.7 Å². The Morgan fingerprint density at radius 3 is 2.46 bits per heavy atom. The molecule has 1 saturated heterocycles. The zero-order chi connectivity index (χ0) is 28.3. The lowest BCUT2D eigenvalue weighted by molar-refractivity contribution is -0.138. The van der Waals surface area contributed by atoms with Crippen molar-refractivity contribution in [2.75, 3.05) is 44.3 Å². The molecule has 2 heterocycles. The van der Waals surface area contributed by atoms with Crippen LogP contribution in [-0.4, -0.2) is 58.9 Å². The molecular weight excluding hydrogens is 519 g/mol. The van der Waals surface area contributed by atoms with Crippen molar-refractivity contribution in [3.05, 3.63) is 81.8 Å². The number of likely N-dealkylation sites (N-methyl/N-ethyl adjacent to an activating group) is 1. The Labute approximate surface area is 221 Å². The Bertz CT molecular complexity index is 1460. The first kappa shape index (κ1) is 27.9. The van der Waals surface area contributed by atoms with E-state index in [-0.39, 0.29) is 34.9 Å². The van der Waals surface area contributed by atoms with Gasteiger partial charge in [0.25, 0.3) is 5.91 Å². The summed E-state index contributed by atoms with van der Waals surface area (Å²) in [5.74, 6) is 1.96. The molecule has 1 fully saturated rings. The fourth-order valence-electron chi connectivity index (χ4n) is 4.00. The van der Waals surface area contributed by atoms with Gasteiger partial charge in [-0.25, -0.2) is 18.7 Å². The minimum absolute atomic E-state index is 0.0663. The van der Waals surface area contributed by atoms with E-state index in [0.29, 0.717) is 24.8 Å². The van der Waals surface area contributed by atoms with Crippen molar-refractivity contribution in [2.24, 2.45) is 0 Å². The molecule has 12 heteroatoms. The third-order valence-electron chi connectivity index (χ3n) is 6.27. The topological polar surface area (TPSA) is 87.4 Å². The summed E-state index contributed by atoms with van der Waals surface area (Å²) in [5, 5.41) is 2.28. The summed E-state index contributed by atoms with van der Waals surface area (Å²) in [6.45, 7) is 4.47. The van der Waals surface area contributed by atoms with Gasteiger partial charge in [0.2, 0.25) is 0 Å². The first-order chi connectivity index (χ1) is 18.4. The summed E-state index contributed by atoms with van der Waals surface area (Å²) in [6.07, 6.45) is -3.40. The number of hydrogen-bond donors (Lipinski definition) is 2. The Balaban J connectivity index is 1.57. The Morgan fingerprint density at radius 2 is 1.79 bits per heavy atom. The summed E-state index contributed by atoms with van der Waals surface area (Å²) in [6, 6.07) is 4.80. The molecule has 0 atom stereocenters. The number of carbonyl (C=O) groups is 1. The van der Waals surface area contributed by atoms with E-state index in [4.69, 9.17) is 5.73 Å². The second-order valence-electron chi connectivity index (χ2n) is 9.19. The quantitative estimate of drug-likeness (QED) is 0.381. The van der Waals surface area contributed by atoms with E-state index in [1.54, 1.807) is 6.92 Å². The fraction of sp³-hybridized carbons (Fsp3) is 0.296. The second kappa shape index (κ2) is 11.3. The summed E-state index contributed by atoms with van der Waals surface area (Å²) in [7, 11) is 1.95. The van der Waals surface area contributed by atoms with Crippen LogP contribution in [0.15, 0.2) is 36.5 Å². The number of piperazine rings is 1. The molecule has 0 saturated carbocycles. The lowest BCUT2D eigenvalue weighted by Crippen LogP contribution is -2.44. The number of hydrogen-bond acceptors (Lipinski definition) is 6. The number of nitrogens with one attached hydrogen (secondary N) is 1. The normalized spacial score (nSPS) is 14.5. The summed E-state index contributed by atoms with van der Waals surface area (Å²) in [5.41, 5.74) is 4.28. The van der Waals surface area contributed by atoms with Gasteiger partial charge in [-0.05, 0) is 43.7 Å². The molecule has 0 unspecified atom stereocenters. The van der Waals surface area contributed by atoms with Crippen molar-refractivity contribution in [2.45, 2.75) is 19.6 Å². The van der Waals surface area contributed by atoms with Crippen molar-refractivity contribution in [1.29, 1.82) is 0 Å². The number of nitrogen functional groups attached to an aromatic ring is 1. The average Bonchev–Trinajstić information content (AvgIpc) is 2.87. The molecule has 3 N–H and O–H groups in total. The van der Waals surface area contributed by atoms with E-state index in [1.807, 2.05) is 11.9 Å². The molecule has 1 aromatic heterocycles. The number of anilines is 2. The molecule has 3 aromatic rings. The van der Waals surface area contributed by atoms with Crippen molar-refractivity contribution in [1.82, 2.24) is 19.8 Å². The molecule has 0 radical (unpaired) electrons. The van der Waals surface area contributed by atoms with E-state index in [1.165, 1.54) is 18.3 Å². The highest BCUT2D eigenvalue weighted by Gasteiger charge is 2.34. The number of benzene rings is 2. The van der Waals surface area contributed by atoms with E-state index >= 15 is 0 Å². The minimum Gasteiger partial charge on any atom is -0.382 e. The standard InChI is InChI=1S/C27H25F5N6O/c1-16-25(33)34-14-20(35-16)6-3-17-11-21(24(29)13-23(17)28)26(39)36-19-5-4-18(22(12-19)27(30,31)32)15-38-9-7-37(2)8-10-38/h4-5,11-14H,7-10,15H2,1-2H3,(H2,33,34)(H,36,39). The van der Waals surface area contributed by atoms with Crippen molar-refractivity contribution in [3.8, 4) is 11.8 Å². The zero-order valence-electron chi connectivity index (χ0n) is 21.2. The van der Waals surface area contributed by atoms with Crippen LogP contribution in [0.2, 0.25) is 0 Å². The monoisotopic (exact) mass is 544 g/mol. The highest BCUT2D eigenvalue weighted by atomic mass is 19.4. The summed E-state index contributed by atoms with van der Waals surface area (Å²) >= 11 is 0. The first-order valence-electron chi connectivity index (χ1n) is 11.9. The van der Waals surface area contributed by atoms with Crippen LogP contribution in [0.3, 0.4) is 0 Å². The average molecular weight is 545 g/mol. The number of halogens is 5. The number of alkyl halides is 3. The second-order valence-corrected chi connectivity index (χ2v) is 9.19. The van der Waals surface area contributed by atoms with Gasteiger partial charge in [-0.1, -0.05) is 12.0 Å². The van der Waals surface area contributed by atoms with E-state index < -0.39 is 34.8 Å². The maximum Gasteiger partial charge on any atom is 0.416 e. The molecule has 1 aliphatic rings. The van der Waals surface area contributed by atoms with Crippen LogP contribution in [0.1, 0.15) is 38.4 Å². The van der Waals surface area contributed by atoms with E-state index in [2.05, 4.69) is 32.0 Å². The lowest BCUT2D eigenvalue weighted by Gasteiger charge is -2.33.